The van der Waals surface area contributed by atoms with E-state index in [1.165, 1.54) is 6.07 Å². The lowest BCUT2D eigenvalue weighted by Crippen LogP contribution is -1.99. The van der Waals surface area contributed by atoms with Gasteiger partial charge in [0, 0.05) is 6.07 Å². The van der Waals surface area contributed by atoms with Gasteiger partial charge in [-0.05, 0) is 36.8 Å². The van der Waals surface area contributed by atoms with Crippen LogP contribution in [0.3, 0.4) is 0 Å². The summed E-state index contributed by atoms with van der Waals surface area (Å²) in [5.41, 5.74) is 8.37. The summed E-state index contributed by atoms with van der Waals surface area (Å²) in [7, 11) is 1.57. The van der Waals surface area contributed by atoms with Gasteiger partial charge in [0.05, 0.1) is 24.2 Å². The van der Waals surface area contributed by atoms with Crippen LogP contribution in [0.5, 0.6) is 5.75 Å². The van der Waals surface area contributed by atoms with Crippen LogP contribution in [0.4, 0.5) is 21.5 Å². The smallest absolute Gasteiger partial charge is 0.146 e. The topological polar surface area (TPSA) is 47.3 Å². The summed E-state index contributed by atoms with van der Waals surface area (Å²) in [4.78, 5) is 0. The molecule has 0 spiro atoms. The molecule has 0 fully saturated rings. The highest BCUT2D eigenvalue weighted by molar-refractivity contribution is 5.74. The van der Waals surface area contributed by atoms with Crippen molar-refractivity contribution in [2.75, 3.05) is 18.2 Å². The zero-order valence-electron chi connectivity index (χ0n) is 10.3. The quantitative estimate of drug-likeness (QED) is 0.815. The first kappa shape index (κ1) is 12.2. The van der Waals surface area contributed by atoms with Gasteiger partial charge in [-0.15, -0.1) is 0 Å². The van der Waals surface area contributed by atoms with E-state index in [4.69, 9.17) is 10.5 Å². The average molecular weight is 246 g/mol. The Balaban J connectivity index is 2.36. The zero-order chi connectivity index (χ0) is 13.1. The summed E-state index contributed by atoms with van der Waals surface area (Å²) in [5.74, 6) is 0.350. The van der Waals surface area contributed by atoms with E-state index in [1.807, 2.05) is 6.92 Å². The van der Waals surface area contributed by atoms with Crippen molar-refractivity contribution in [3.8, 4) is 5.75 Å². The van der Waals surface area contributed by atoms with Crippen molar-refractivity contribution in [1.82, 2.24) is 0 Å². The maximum absolute atomic E-state index is 13.6. The molecule has 0 unspecified atom stereocenters. The molecule has 0 bridgehead atoms. The number of hydrogen-bond donors (Lipinski definition) is 2. The lowest BCUT2D eigenvalue weighted by Gasteiger charge is -2.12. The maximum atomic E-state index is 13.6. The standard InChI is InChI=1S/C14H15FN2O/c1-9-3-5-11(15)13(7-9)17-14-8-10(18-2)4-6-12(14)16/h3-8,17H,16H2,1-2H3. The molecule has 0 aromatic heterocycles. The fourth-order valence-corrected chi connectivity index (χ4v) is 1.65. The molecule has 18 heavy (non-hydrogen) atoms. The summed E-state index contributed by atoms with van der Waals surface area (Å²) >= 11 is 0. The number of methoxy groups -OCH3 is 1. The van der Waals surface area contributed by atoms with E-state index in [9.17, 15) is 4.39 Å². The Hall–Kier alpha value is -2.23. The normalized spacial score (nSPS) is 10.2. The molecule has 2 aromatic carbocycles. The molecule has 0 amide bonds. The molecule has 2 rings (SSSR count). The van der Waals surface area contributed by atoms with Crippen LogP contribution >= 0.6 is 0 Å². The van der Waals surface area contributed by atoms with Crippen LogP contribution in [0.15, 0.2) is 36.4 Å². The minimum absolute atomic E-state index is 0.317. The Morgan fingerprint density at radius 1 is 1.11 bits per heavy atom. The van der Waals surface area contributed by atoms with Crippen molar-refractivity contribution in [2.45, 2.75) is 6.92 Å². The van der Waals surface area contributed by atoms with Gasteiger partial charge >= 0.3 is 0 Å². The molecule has 0 saturated carbocycles. The first-order valence-electron chi connectivity index (χ1n) is 5.57. The molecule has 0 aliphatic rings. The molecule has 4 heteroatoms. The van der Waals surface area contributed by atoms with Crippen LogP contribution in [-0.4, -0.2) is 7.11 Å². The Morgan fingerprint density at radius 2 is 1.89 bits per heavy atom. The number of hydrogen-bond acceptors (Lipinski definition) is 3. The van der Waals surface area contributed by atoms with Crippen LogP contribution in [0.1, 0.15) is 5.56 Å². The first-order chi connectivity index (χ1) is 8.60. The van der Waals surface area contributed by atoms with Crippen molar-refractivity contribution in [1.29, 1.82) is 0 Å². The van der Waals surface area contributed by atoms with E-state index >= 15 is 0 Å². The summed E-state index contributed by atoms with van der Waals surface area (Å²) in [5, 5.41) is 2.98. The number of benzene rings is 2. The number of ether oxygens (including phenoxy) is 1. The molecular formula is C14H15FN2O. The molecule has 0 heterocycles. The predicted octanol–water partition coefficient (Wildman–Crippen LogP) is 3.47. The lowest BCUT2D eigenvalue weighted by atomic mass is 10.2. The Morgan fingerprint density at radius 3 is 2.61 bits per heavy atom. The zero-order valence-corrected chi connectivity index (χ0v) is 10.3. The van der Waals surface area contributed by atoms with Gasteiger partial charge in [-0.25, -0.2) is 4.39 Å². The SMILES string of the molecule is COc1ccc(N)c(Nc2cc(C)ccc2F)c1. The summed E-state index contributed by atoms with van der Waals surface area (Å²) in [6, 6.07) is 10.1. The first-order valence-corrected chi connectivity index (χ1v) is 5.57. The second-order valence-corrected chi connectivity index (χ2v) is 4.06. The van der Waals surface area contributed by atoms with Crippen molar-refractivity contribution < 1.29 is 9.13 Å². The van der Waals surface area contributed by atoms with E-state index in [0.29, 0.717) is 22.8 Å². The molecule has 0 radical (unpaired) electrons. The molecule has 0 atom stereocenters. The number of nitrogens with two attached hydrogens (primary N) is 1. The van der Waals surface area contributed by atoms with Crippen LogP contribution < -0.4 is 15.8 Å². The summed E-state index contributed by atoms with van der Waals surface area (Å²) in [6.45, 7) is 1.90. The Labute approximate surface area is 105 Å². The van der Waals surface area contributed by atoms with Gasteiger partial charge < -0.3 is 15.8 Å². The largest absolute Gasteiger partial charge is 0.497 e. The summed E-state index contributed by atoms with van der Waals surface area (Å²) in [6.07, 6.45) is 0. The summed E-state index contributed by atoms with van der Waals surface area (Å²) < 4.78 is 18.7. The third-order valence-corrected chi connectivity index (χ3v) is 2.65. The lowest BCUT2D eigenvalue weighted by molar-refractivity contribution is 0.415. The number of anilines is 3. The van der Waals surface area contributed by atoms with E-state index in [-0.39, 0.29) is 5.82 Å². The van der Waals surface area contributed by atoms with E-state index in [2.05, 4.69) is 5.32 Å². The number of aryl methyl sites for hydroxylation is 1. The van der Waals surface area contributed by atoms with Crippen LogP contribution in [-0.2, 0) is 0 Å². The second-order valence-electron chi connectivity index (χ2n) is 4.06. The highest BCUT2D eigenvalue weighted by Gasteiger charge is 2.06. The van der Waals surface area contributed by atoms with Gasteiger partial charge in [0.15, 0.2) is 0 Å². The predicted molar refractivity (Wildman–Crippen MR) is 71.8 cm³/mol. The van der Waals surface area contributed by atoms with E-state index < -0.39 is 0 Å². The van der Waals surface area contributed by atoms with Gasteiger partial charge in [-0.2, -0.15) is 0 Å². The third kappa shape index (κ3) is 2.53. The second kappa shape index (κ2) is 4.96. The number of nitrogen functional groups attached to an aromatic ring is 1. The van der Waals surface area contributed by atoms with Gasteiger partial charge in [0.1, 0.15) is 11.6 Å². The highest BCUT2D eigenvalue weighted by Crippen LogP contribution is 2.29. The molecule has 94 valence electrons. The van der Waals surface area contributed by atoms with Gasteiger partial charge in [-0.1, -0.05) is 6.07 Å². The minimum Gasteiger partial charge on any atom is -0.497 e. The molecule has 0 aliphatic heterocycles. The number of rotatable bonds is 3. The van der Waals surface area contributed by atoms with Crippen molar-refractivity contribution in [3.05, 3.63) is 47.8 Å². The van der Waals surface area contributed by atoms with Crippen molar-refractivity contribution in [2.24, 2.45) is 0 Å². The highest BCUT2D eigenvalue weighted by atomic mass is 19.1. The van der Waals surface area contributed by atoms with E-state index in [0.717, 1.165) is 5.56 Å². The minimum atomic E-state index is -0.317. The fraction of sp³-hybridized carbons (Fsp3) is 0.143. The van der Waals surface area contributed by atoms with Crippen molar-refractivity contribution >= 4 is 17.1 Å². The van der Waals surface area contributed by atoms with Gasteiger partial charge in [0.25, 0.3) is 0 Å². The monoisotopic (exact) mass is 246 g/mol. The van der Waals surface area contributed by atoms with Crippen LogP contribution in [0.2, 0.25) is 0 Å². The molecule has 3 nitrogen and oxygen atoms in total. The molecule has 3 N–H and O–H groups in total. The van der Waals surface area contributed by atoms with Gasteiger partial charge in [0.2, 0.25) is 0 Å². The molecule has 0 aliphatic carbocycles. The van der Waals surface area contributed by atoms with Crippen LogP contribution in [0.25, 0.3) is 0 Å². The average Bonchev–Trinajstić information content (AvgIpc) is 2.36. The fourth-order valence-electron chi connectivity index (χ4n) is 1.65. The van der Waals surface area contributed by atoms with Crippen LogP contribution in [0, 0.1) is 12.7 Å². The third-order valence-electron chi connectivity index (χ3n) is 2.65. The molecular weight excluding hydrogens is 231 g/mol. The Kier molecular flexibility index (Phi) is 3.37. The number of nitrogens with one attached hydrogen (secondary N) is 1. The van der Waals surface area contributed by atoms with E-state index in [1.54, 1.807) is 37.4 Å². The Bertz CT molecular complexity index is 570. The van der Waals surface area contributed by atoms with Gasteiger partial charge in [-0.3, -0.25) is 0 Å². The van der Waals surface area contributed by atoms with Crippen molar-refractivity contribution in [3.63, 3.8) is 0 Å². The molecule has 0 saturated heterocycles. The number of halogens is 1. The maximum Gasteiger partial charge on any atom is 0.146 e. The molecule has 2 aromatic rings.